The van der Waals surface area contributed by atoms with Crippen molar-refractivity contribution in [2.75, 3.05) is 33.2 Å². The molecule has 2 aliphatic heterocycles. The number of hydrogen-bond donors (Lipinski definition) is 0. The minimum Gasteiger partial charge on any atom is -0.406 e. The number of hydrogen-bond acceptors (Lipinski definition) is 4. The number of halogens is 3. The van der Waals surface area contributed by atoms with E-state index in [0.717, 1.165) is 51.4 Å². The van der Waals surface area contributed by atoms with Gasteiger partial charge >= 0.3 is 6.36 Å². The highest BCUT2D eigenvalue weighted by Crippen LogP contribution is 2.30. The van der Waals surface area contributed by atoms with Crippen LogP contribution in [0.25, 0.3) is 0 Å². The molecule has 2 aromatic carbocycles. The van der Waals surface area contributed by atoms with Crippen LogP contribution in [0.2, 0.25) is 0 Å². The van der Waals surface area contributed by atoms with Crippen molar-refractivity contribution in [1.82, 2.24) is 14.7 Å². The van der Waals surface area contributed by atoms with Gasteiger partial charge in [-0.3, -0.25) is 9.80 Å². The lowest BCUT2D eigenvalue weighted by Crippen LogP contribution is -2.43. The van der Waals surface area contributed by atoms with Crippen LogP contribution in [-0.2, 0) is 26.2 Å². The lowest BCUT2D eigenvalue weighted by atomic mass is 10.0. The van der Waals surface area contributed by atoms with E-state index in [1.165, 1.54) is 34.4 Å². The van der Waals surface area contributed by atoms with E-state index in [-0.39, 0.29) is 5.75 Å². The van der Waals surface area contributed by atoms with Gasteiger partial charge in [0.05, 0.1) is 0 Å². The molecule has 2 aromatic rings. The molecule has 162 valence electrons. The second kappa shape index (κ2) is 8.57. The number of likely N-dealkylation sites (N-methyl/N-ethyl adjacent to an activating group) is 1. The largest absolute Gasteiger partial charge is 0.573 e. The molecule has 0 saturated carbocycles. The van der Waals surface area contributed by atoms with Gasteiger partial charge in [-0.2, -0.15) is 0 Å². The van der Waals surface area contributed by atoms with Gasteiger partial charge in [-0.1, -0.05) is 24.3 Å². The van der Waals surface area contributed by atoms with Crippen molar-refractivity contribution in [2.45, 2.75) is 39.5 Å². The van der Waals surface area contributed by atoms with E-state index in [0.29, 0.717) is 6.54 Å². The van der Waals surface area contributed by atoms with Crippen LogP contribution in [0.5, 0.6) is 5.75 Å². The minimum atomic E-state index is -4.66. The average molecular weight is 419 g/mol. The molecule has 0 atom stereocenters. The first kappa shape index (κ1) is 21.2. The van der Waals surface area contributed by atoms with Gasteiger partial charge in [-0.05, 0) is 53.9 Å². The number of aryl methyl sites for hydroxylation is 1. The minimum absolute atomic E-state index is 0.180. The van der Waals surface area contributed by atoms with Crippen LogP contribution >= 0.6 is 0 Å². The summed E-state index contributed by atoms with van der Waals surface area (Å²) >= 11 is 0. The Kier molecular flexibility index (Phi) is 6.04. The quantitative estimate of drug-likeness (QED) is 0.725. The van der Waals surface area contributed by atoms with Crippen LogP contribution in [0.1, 0.15) is 27.8 Å². The molecule has 0 aromatic heterocycles. The summed E-state index contributed by atoms with van der Waals surface area (Å²) in [6.45, 7) is 10.1. The summed E-state index contributed by atoms with van der Waals surface area (Å²) in [4.78, 5) is 7.21. The zero-order chi connectivity index (χ0) is 21.3. The van der Waals surface area contributed by atoms with Crippen molar-refractivity contribution in [2.24, 2.45) is 0 Å². The van der Waals surface area contributed by atoms with Crippen LogP contribution in [0.15, 0.2) is 36.4 Å². The Morgan fingerprint density at radius 3 is 2.20 bits per heavy atom. The van der Waals surface area contributed by atoms with E-state index in [1.807, 2.05) is 0 Å². The predicted molar refractivity (Wildman–Crippen MR) is 110 cm³/mol. The highest BCUT2D eigenvalue weighted by molar-refractivity contribution is 5.41. The molecule has 2 heterocycles. The third-order valence-corrected chi connectivity index (χ3v) is 5.97. The van der Waals surface area contributed by atoms with Crippen molar-refractivity contribution >= 4 is 0 Å². The van der Waals surface area contributed by atoms with Crippen LogP contribution in [0.4, 0.5) is 13.2 Å². The maximum Gasteiger partial charge on any atom is 0.573 e. The molecule has 1 fully saturated rings. The van der Waals surface area contributed by atoms with Crippen LogP contribution < -0.4 is 4.74 Å². The number of nitrogens with zero attached hydrogens (tertiary/aromatic N) is 3. The van der Waals surface area contributed by atoms with Gasteiger partial charge in [0.2, 0.25) is 0 Å². The van der Waals surface area contributed by atoms with E-state index in [9.17, 15) is 13.2 Å². The molecular formula is C23H28F3N3O. The maximum absolute atomic E-state index is 12.3. The molecule has 4 nitrogen and oxygen atoms in total. The number of fused-ring (bicyclic) bond motifs is 1. The Morgan fingerprint density at radius 1 is 0.867 bits per heavy atom. The van der Waals surface area contributed by atoms with E-state index in [1.54, 1.807) is 12.1 Å². The number of rotatable bonds is 5. The molecule has 7 heteroatoms. The van der Waals surface area contributed by atoms with Crippen molar-refractivity contribution in [3.63, 3.8) is 0 Å². The second-order valence-electron chi connectivity index (χ2n) is 8.47. The lowest BCUT2D eigenvalue weighted by Gasteiger charge is -2.32. The molecule has 0 spiro atoms. The molecule has 0 bridgehead atoms. The normalized spacial score (nSPS) is 18.6. The summed E-state index contributed by atoms with van der Waals surface area (Å²) < 4.78 is 40.9. The van der Waals surface area contributed by atoms with Gasteiger partial charge < -0.3 is 9.64 Å². The lowest BCUT2D eigenvalue weighted by molar-refractivity contribution is -0.274. The fourth-order valence-corrected chi connectivity index (χ4v) is 4.38. The zero-order valence-corrected chi connectivity index (χ0v) is 17.5. The average Bonchev–Trinajstić information content (AvgIpc) is 3.07. The van der Waals surface area contributed by atoms with Crippen LogP contribution in [0.3, 0.4) is 0 Å². The van der Waals surface area contributed by atoms with Crippen molar-refractivity contribution in [1.29, 1.82) is 0 Å². The SMILES string of the molecule is Cc1cc(CN2CCN(C)CC2)cc2c1CN(Cc1ccc(OC(F)(F)F)cc1)C2. The van der Waals surface area contributed by atoms with Crippen molar-refractivity contribution in [3.05, 3.63) is 64.2 Å². The fraction of sp³-hybridized carbons (Fsp3) is 0.478. The monoisotopic (exact) mass is 419 g/mol. The molecule has 2 aliphatic rings. The molecule has 0 radical (unpaired) electrons. The fourth-order valence-electron chi connectivity index (χ4n) is 4.38. The van der Waals surface area contributed by atoms with E-state index in [4.69, 9.17) is 0 Å². The summed E-state index contributed by atoms with van der Waals surface area (Å²) in [5, 5.41) is 0. The molecular weight excluding hydrogens is 391 g/mol. The highest BCUT2D eigenvalue weighted by atomic mass is 19.4. The smallest absolute Gasteiger partial charge is 0.406 e. The van der Waals surface area contributed by atoms with E-state index >= 15 is 0 Å². The summed E-state index contributed by atoms with van der Waals surface area (Å²) in [5.41, 5.74) is 6.43. The van der Waals surface area contributed by atoms with Gasteiger partial charge in [-0.25, -0.2) is 0 Å². The van der Waals surface area contributed by atoms with Gasteiger partial charge in [0, 0.05) is 52.4 Å². The van der Waals surface area contributed by atoms with Crippen LogP contribution in [-0.4, -0.2) is 54.3 Å². The van der Waals surface area contributed by atoms with Crippen molar-refractivity contribution < 1.29 is 17.9 Å². The van der Waals surface area contributed by atoms with Crippen LogP contribution in [0, 0.1) is 6.92 Å². The number of ether oxygens (including phenoxy) is 1. The van der Waals surface area contributed by atoms with Gasteiger partial charge in [-0.15, -0.1) is 13.2 Å². The first-order valence-corrected chi connectivity index (χ1v) is 10.3. The first-order valence-electron chi connectivity index (χ1n) is 10.3. The topological polar surface area (TPSA) is 19.0 Å². The Morgan fingerprint density at radius 2 is 1.53 bits per heavy atom. The van der Waals surface area contributed by atoms with Crippen molar-refractivity contribution in [3.8, 4) is 5.75 Å². The molecule has 0 aliphatic carbocycles. The summed E-state index contributed by atoms with van der Waals surface area (Å²) in [6.07, 6.45) is -4.66. The Hall–Kier alpha value is -2.09. The summed E-state index contributed by atoms with van der Waals surface area (Å²) in [5.74, 6) is -0.180. The summed E-state index contributed by atoms with van der Waals surface area (Å²) in [7, 11) is 2.17. The first-order chi connectivity index (χ1) is 14.2. The zero-order valence-electron chi connectivity index (χ0n) is 17.5. The van der Waals surface area contributed by atoms with Gasteiger partial charge in [0.1, 0.15) is 5.75 Å². The van der Waals surface area contributed by atoms with E-state index < -0.39 is 6.36 Å². The van der Waals surface area contributed by atoms with E-state index in [2.05, 4.69) is 45.5 Å². The number of piperazine rings is 1. The number of alkyl halides is 3. The van der Waals surface area contributed by atoms with Gasteiger partial charge in [0.25, 0.3) is 0 Å². The molecule has 1 saturated heterocycles. The second-order valence-corrected chi connectivity index (χ2v) is 8.47. The number of benzene rings is 2. The highest BCUT2D eigenvalue weighted by Gasteiger charge is 2.31. The molecule has 0 unspecified atom stereocenters. The third-order valence-electron chi connectivity index (χ3n) is 5.97. The third kappa shape index (κ3) is 5.33. The summed E-state index contributed by atoms with van der Waals surface area (Å²) in [6, 6.07) is 10.8. The molecule has 0 N–H and O–H groups in total. The Labute approximate surface area is 175 Å². The Bertz CT molecular complexity index is 874. The standard InChI is InChI=1S/C23H28F3N3O/c1-17-11-19(14-28-9-7-27(2)8-10-28)12-20-15-29(16-22(17)20)13-18-3-5-21(6-4-18)30-23(24,25)26/h3-6,11-12H,7-10,13-16H2,1-2H3. The Balaban J connectivity index is 1.37. The van der Waals surface area contributed by atoms with Gasteiger partial charge in [0.15, 0.2) is 0 Å². The molecule has 0 amide bonds. The predicted octanol–water partition coefficient (Wildman–Crippen LogP) is 4.16. The molecule has 4 rings (SSSR count). The maximum atomic E-state index is 12.3. The molecule has 30 heavy (non-hydrogen) atoms.